The maximum atomic E-state index is 9.64. The summed E-state index contributed by atoms with van der Waals surface area (Å²) in [6.45, 7) is 2.09. The molecule has 2 N–H and O–H groups in total. The van der Waals surface area contributed by atoms with Gasteiger partial charge in [0.25, 0.3) is 0 Å². The fourth-order valence-electron chi connectivity index (χ4n) is 2.81. The molecule has 1 unspecified atom stereocenters. The van der Waals surface area contributed by atoms with Crippen LogP contribution in [0, 0.1) is 23.7 Å². The average molecular weight is 335 g/mol. The summed E-state index contributed by atoms with van der Waals surface area (Å²) in [7, 11) is 0. The molecule has 0 spiro atoms. The number of aliphatic hydroxyl groups is 2. The minimum absolute atomic E-state index is 0.177. The summed E-state index contributed by atoms with van der Waals surface area (Å²) < 4.78 is 0. The summed E-state index contributed by atoms with van der Waals surface area (Å²) in [6.07, 6.45) is 18.9. The Morgan fingerprint density at radius 2 is 1.12 bits per heavy atom. The van der Waals surface area contributed by atoms with Gasteiger partial charge < -0.3 is 10.2 Å². The van der Waals surface area contributed by atoms with E-state index in [0.717, 1.165) is 12.8 Å². The Labute approximate surface area is 150 Å². The molecule has 0 saturated carbocycles. The molecule has 0 aromatic carbocycles. The number of unbranched alkanes of at least 4 members (excludes halogenated alkanes) is 13. The van der Waals surface area contributed by atoms with E-state index in [1.165, 1.54) is 83.5 Å². The predicted molar refractivity (Wildman–Crippen MR) is 104 cm³/mol. The van der Waals surface area contributed by atoms with Crippen molar-refractivity contribution in [2.75, 3.05) is 6.61 Å². The summed E-state index contributed by atoms with van der Waals surface area (Å²) in [4.78, 5) is 0. The average Bonchev–Trinajstić information content (AvgIpc) is 2.59. The summed E-state index contributed by atoms with van der Waals surface area (Å²) in [5.41, 5.74) is 0. The molecule has 0 radical (unpaired) electrons. The second kappa shape index (κ2) is 20.1. The molecule has 138 valence electrons. The van der Waals surface area contributed by atoms with Crippen LogP contribution in [0.4, 0.5) is 0 Å². The van der Waals surface area contributed by atoms with Crippen molar-refractivity contribution in [1.82, 2.24) is 0 Å². The van der Waals surface area contributed by atoms with Gasteiger partial charge in [-0.05, 0) is 24.7 Å². The Bertz CT molecular complexity index is 367. The molecule has 0 heterocycles. The van der Waals surface area contributed by atoms with Crippen molar-refractivity contribution in [3.05, 3.63) is 0 Å². The van der Waals surface area contributed by atoms with Gasteiger partial charge in [0.15, 0.2) is 0 Å². The smallest absolute Gasteiger partial charge is 0.115 e. The highest BCUT2D eigenvalue weighted by Gasteiger charge is 1.99. The van der Waals surface area contributed by atoms with Crippen LogP contribution < -0.4 is 0 Å². The van der Waals surface area contributed by atoms with E-state index in [1.54, 1.807) is 0 Å². The van der Waals surface area contributed by atoms with Gasteiger partial charge in [-0.25, -0.2) is 0 Å². The molecule has 1 atom stereocenters. The number of aliphatic hydroxyl groups excluding tert-OH is 2. The lowest BCUT2D eigenvalue weighted by molar-refractivity contribution is 0.217. The summed E-state index contributed by atoms with van der Waals surface area (Å²) in [5, 5.41) is 18.1. The summed E-state index contributed by atoms with van der Waals surface area (Å²) in [6, 6.07) is 0. The van der Waals surface area contributed by atoms with E-state index in [0.29, 0.717) is 0 Å². The van der Waals surface area contributed by atoms with Crippen molar-refractivity contribution in [3.63, 3.8) is 0 Å². The first-order valence-electron chi connectivity index (χ1n) is 10.1. The molecule has 2 heteroatoms. The number of hydrogen-bond donors (Lipinski definition) is 2. The third-order valence-corrected chi connectivity index (χ3v) is 4.30. The quantitative estimate of drug-likeness (QED) is 0.318. The monoisotopic (exact) mass is 334 g/mol. The van der Waals surface area contributed by atoms with E-state index >= 15 is 0 Å². The topological polar surface area (TPSA) is 40.5 Å². The fraction of sp³-hybridized carbons (Fsp3) is 0.818. The summed E-state index contributed by atoms with van der Waals surface area (Å²) in [5.74, 6) is 10.2. The molecule has 0 saturated heterocycles. The van der Waals surface area contributed by atoms with Crippen molar-refractivity contribution in [3.8, 4) is 23.7 Å². The predicted octanol–water partition coefficient (Wildman–Crippen LogP) is 5.22. The molecule has 0 aromatic rings. The van der Waals surface area contributed by atoms with Crippen LogP contribution in [-0.2, 0) is 0 Å². The van der Waals surface area contributed by atoms with Gasteiger partial charge >= 0.3 is 0 Å². The normalized spacial score (nSPS) is 11.3. The standard InChI is InChI=1S/C22H38O2/c1-2-3-4-5-6-7-8-9-10-11-12-13-14-16-19-22(24)20-17-15-18-21-23/h22-24H,2-14,16,19,21H2,1H3. The maximum absolute atomic E-state index is 9.64. The van der Waals surface area contributed by atoms with Gasteiger partial charge in [0, 0.05) is 0 Å². The van der Waals surface area contributed by atoms with Crippen LogP contribution in [0.2, 0.25) is 0 Å². The second-order valence-corrected chi connectivity index (χ2v) is 6.63. The van der Waals surface area contributed by atoms with Gasteiger partial charge in [0.2, 0.25) is 0 Å². The first-order valence-corrected chi connectivity index (χ1v) is 10.1. The number of rotatable bonds is 15. The SMILES string of the molecule is CCCCCCCCCCCCCCCCC(O)C#CC#CCO. The molecule has 0 aromatic heterocycles. The van der Waals surface area contributed by atoms with Crippen molar-refractivity contribution in [2.45, 2.75) is 109 Å². The van der Waals surface area contributed by atoms with Crippen LogP contribution in [0.25, 0.3) is 0 Å². The van der Waals surface area contributed by atoms with Crippen molar-refractivity contribution >= 4 is 0 Å². The molecule has 0 aliphatic carbocycles. The molecule has 0 amide bonds. The lowest BCUT2D eigenvalue weighted by Crippen LogP contribution is -2.01. The fourth-order valence-corrected chi connectivity index (χ4v) is 2.81. The highest BCUT2D eigenvalue weighted by Crippen LogP contribution is 2.13. The number of hydrogen-bond acceptors (Lipinski definition) is 2. The van der Waals surface area contributed by atoms with E-state index in [-0.39, 0.29) is 6.61 Å². The zero-order valence-electron chi connectivity index (χ0n) is 15.8. The van der Waals surface area contributed by atoms with E-state index in [1.807, 2.05) is 0 Å². The minimum atomic E-state index is -0.574. The molecule has 0 rings (SSSR count). The lowest BCUT2D eigenvalue weighted by atomic mass is 10.0. The second-order valence-electron chi connectivity index (χ2n) is 6.63. The zero-order valence-corrected chi connectivity index (χ0v) is 15.8. The van der Waals surface area contributed by atoms with Gasteiger partial charge in [-0.1, -0.05) is 102 Å². The van der Waals surface area contributed by atoms with Crippen LogP contribution in [0.5, 0.6) is 0 Å². The van der Waals surface area contributed by atoms with Crippen LogP contribution in [0.15, 0.2) is 0 Å². The first kappa shape index (κ1) is 23.0. The van der Waals surface area contributed by atoms with Gasteiger partial charge in [-0.2, -0.15) is 0 Å². The van der Waals surface area contributed by atoms with Crippen molar-refractivity contribution < 1.29 is 10.2 Å². The summed E-state index contributed by atoms with van der Waals surface area (Å²) >= 11 is 0. The molecule has 0 aliphatic heterocycles. The largest absolute Gasteiger partial charge is 0.384 e. The van der Waals surface area contributed by atoms with Crippen molar-refractivity contribution in [2.24, 2.45) is 0 Å². The van der Waals surface area contributed by atoms with E-state index in [2.05, 4.69) is 30.6 Å². The molecular formula is C22H38O2. The Balaban J connectivity index is 3.21. The van der Waals surface area contributed by atoms with Gasteiger partial charge in [-0.3, -0.25) is 0 Å². The van der Waals surface area contributed by atoms with Crippen LogP contribution in [0.1, 0.15) is 103 Å². The zero-order chi connectivity index (χ0) is 17.7. The first-order chi connectivity index (χ1) is 11.8. The minimum Gasteiger partial charge on any atom is -0.384 e. The molecular weight excluding hydrogens is 296 g/mol. The maximum Gasteiger partial charge on any atom is 0.115 e. The van der Waals surface area contributed by atoms with E-state index in [4.69, 9.17) is 5.11 Å². The third kappa shape index (κ3) is 19.1. The van der Waals surface area contributed by atoms with Gasteiger partial charge in [0.05, 0.1) is 0 Å². The van der Waals surface area contributed by atoms with Crippen LogP contribution in [0.3, 0.4) is 0 Å². The van der Waals surface area contributed by atoms with Crippen molar-refractivity contribution in [1.29, 1.82) is 0 Å². The van der Waals surface area contributed by atoms with Crippen LogP contribution in [-0.4, -0.2) is 22.9 Å². The van der Waals surface area contributed by atoms with Crippen LogP contribution >= 0.6 is 0 Å². The van der Waals surface area contributed by atoms with E-state index in [9.17, 15) is 5.11 Å². The molecule has 0 fully saturated rings. The third-order valence-electron chi connectivity index (χ3n) is 4.30. The molecule has 0 bridgehead atoms. The Morgan fingerprint density at radius 3 is 1.58 bits per heavy atom. The molecule has 24 heavy (non-hydrogen) atoms. The Kier molecular flexibility index (Phi) is 19.3. The van der Waals surface area contributed by atoms with E-state index < -0.39 is 6.10 Å². The molecule has 2 nitrogen and oxygen atoms in total. The highest BCUT2D eigenvalue weighted by atomic mass is 16.3. The van der Waals surface area contributed by atoms with Gasteiger partial charge in [0.1, 0.15) is 12.7 Å². The van der Waals surface area contributed by atoms with Gasteiger partial charge in [-0.15, -0.1) is 0 Å². The lowest BCUT2D eigenvalue weighted by Gasteiger charge is -2.04. The highest BCUT2D eigenvalue weighted by molar-refractivity contribution is 5.27. The Hall–Kier alpha value is -0.960. The Morgan fingerprint density at radius 1 is 0.667 bits per heavy atom. The molecule has 0 aliphatic rings.